The monoisotopic (exact) mass is 439 g/mol. The van der Waals surface area contributed by atoms with E-state index >= 15 is 0 Å². The number of para-hydroxylation sites is 1. The molecule has 154 valence electrons. The molecule has 0 amide bonds. The number of rotatable bonds is 0. The van der Waals surface area contributed by atoms with E-state index in [0.717, 1.165) is 10.5 Å². The number of halogens is 1. The van der Waals surface area contributed by atoms with Crippen molar-refractivity contribution in [2.45, 2.75) is 5.41 Å². The highest BCUT2D eigenvalue weighted by Crippen LogP contribution is 2.63. The normalized spacial score (nSPS) is 14.5. The zero-order valence-electron chi connectivity index (χ0n) is 17.7. The lowest BCUT2D eigenvalue weighted by molar-refractivity contribution is 0.794. The standard InChI is InChI=1S/C31H18ClN/c32-18-13-15-26-23(17-18)29-27(16-14-22-21-9-3-6-12-28(21)33-30(22)29)31(26)24-10-4-1-7-19(24)20-8-2-5-11-25(20)31/h1-17,33H. The van der Waals surface area contributed by atoms with Crippen molar-refractivity contribution in [1.29, 1.82) is 0 Å². The molecule has 0 fully saturated rings. The topological polar surface area (TPSA) is 15.8 Å². The fourth-order valence-electron chi connectivity index (χ4n) is 6.52. The van der Waals surface area contributed by atoms with E-state index in [1.54, 1.807) is 0 Å². The van der Waals surface area contributed by atoms with Crippen LogP contribution in [-0.2, 0) is 5.41 Å². The van der Waals surface area contributed by atoms with Gasteiger partial charge >= 0.3 is 0 Å². The summed E-state index contributed by atoms with van der Waals surface area (Å²) in [4.78, 5) is 3.75. The van der Waals surface area contributed by atoms with Crippen LogP contribution in [0.2, 0.25) is 5.02 Å². The Morgan fingerprint density at radius 3 is 1.97 bits per heavy atom. The van der Waals surface area contributed by atoms with Crippen molar-refractivity contribution >= 4 is 33.4 Å². The highest BCUT2D eigenvalue weighted by molar-refractivity contribution is 6.31. The number of fused-ring (bicyclic) bond motifs is 14. The summed E-state index contributed by atoms with van der Waals surface area (Å²) in [5.74, 6) is 0. The maximum absolute atomic E-state index is 6.61. The number of benzene rings is 5. The van der Waals surface area contributed by atoms with Gasteiger partial charge in [-0.3, -0.25) is 0 Å². The van der Waals surface area contributed by atoms with Gasteiger partial charge in [-0.05, 0) is 57.1 Å². The average molecular weight is 440 g/mol. The summed E-state index contributed by atoms with van der Waals surface area (Å²) in [7, 11) is 0. The van der Waals surface area contributed by atoms with Gasteiger partial charge in [-0.25, -0.2) is 0 Å². The van der Waals surface area contributed by atoms with Gasteiger partial charge < -0.3 is 4.98 Å². The second-order valence-electron chi connectivity index (χ2n) is 9.11. The molecule has 5 aromatic carbocycles. The molecule has 0 saturated heterocycles. The molecule has 1 spiro atoms. The Bertz CT molecular complexity index is 1740. The smallest absolute Gasteiger partial charge is 0.0726 e. The molecule has 8 rings (SSSR count). The Hall–Kier alpha value is -3.81. The van der Waals surface area contributed by atoms with Crippen molar-refractivity contribution in [3.63, 3.8) is 0 Å². The summed E-state index contributed by atoms with van der Waals surface area (Å²) in [6, 6.07) is 37.4. The molecule has 0 aliphatic heterocycles. The van der Waals surface area contributed by atoms with Crippen molar-refractivity contribution in [2.24, 2.45) is 0 Å². The van der Waals surface area contributed by atoms with Crippen molar-refractivity contribution < 1.29 is 0 Å². The van der Waals surface area contributed by atoms with Gasteiger partial charge in [0.2, 0.25) is 0 Å². The third kappa shape index (κ3) is 1.97. The van der Waals surface area contributed by atoms with E-state index < -0.39 is 0 Å². The van der Waals surface area contributed by atoms with Crippen molar-refractivity contribution in [2.75, 3.05) is 0 Å². The van der Waals surface area contributed by atoms with Gasteiger partial charge in [0.25, 0.3) is 0 Å². The molecule has 1 nitrogen and oxygen atoms in total. The fraction of sp³-hybridized carbons (Fsp3) is 0.0323. The lowest BCUT2D eigenvalue weighted by Crippen LogP contribution is -2.25. The van der Waals surface area contributed by atoms with E-state index in [9.17, 15) is 0 Å². The van der Waals surface area contributed by atoms with Crippen molar-refractivity contribution in [3.8, 4) is 22.3 Å². The second kappa shape index (κ2) is 5.95. The van der Waals surface area contributed by atoms with Crippen LogP contribution in [0.4, 0.5) is 0 Å². The molecule has 2 aliphatic rings. The second-order valence-corrected chi connectivity index (χ2v) is 9.55. The molecule has 0 unspecified atom stereocenters. The minimum absolute atomic E-state index is 0.339. The fourth-order valence-corrected chi connectivity index (χ4v) is 6.69. The first-order valence-corrected chi connectivity index (χ1v) is 11.7. The van der Waals surface area contributed by atoms with E-state index in [-0.39, 0.29) is 5.41 Å². The maximum Gasteiger partial charge on any atom is 0.0726 e. The van der Waals surface area contributed by atoms with Crippen LogP contribution in [0.5, 0.6) is 0 Å². The van der Waals surface area contributed by atoms with Crippen LogP contribution >= 0.6 is 11.6 Å². The van der Waals surface area contributed by atoms with Gasteiger partial charge in [0, 0.05) is 26.9 Å². The third-order valence-corrected chi connectivity index (χ3v) is 7.93. The Balaban J connectivity index is 1.63. The Morgan fingerprint density at radius 2 is 1.18 bits per heavy atom. The van der Waals surface area contributed by atoms with Crippen LogP contribution in [-0.4, -0.2) is 4.98 Å². The maximum atomic E-state index is 6.61. The Kier molecular flexibility index (Phi) is 3.19. The number of aromatic nitrogens is 1. The highest BCUT2D eigenvalue weighted by Gasteiger charge is 2.52. The van der Waals surface area contributed by atoms with E-state index in [1.807, 2.05) is 6.07 Å². The quantitative estimate of drug-likeness (QED) is 0.244. The first-order chi connectivity index (χ1) is 16.3. The van der Waals surface area contributed by atoms with Gasteiger partial charge in [0.15, 0.2) is 0 Å². The number of H-pyrrole nitrogens is 1. The van der Waals surface area contributed by atoms with Crippen molar-refractivity contribution in [3.05, 3.63) is 130 Å². The predicted octanol–water partition coefficient (Wildman–Crippen LogP) is 8.32. The van der Waals surface area contributed by atoms with Gasteiger partial charge in [0.05, 0.1) is 10.9 Å². The molecule has 1 heterocycles. The molecule has 6 aromatic rings. The molecule has 0 radical (unpaired) electrons. The largest absolute Gasteiger partial charge is 0.354 e. The van der Waals surface area contributed by atoms with Crippen LogP contribution in [0.1, 0.15) is 22.3 Å². The summed E-state index contributed by atoms with van der Waals surface area (Å²) in [5, 5.41) is 3.28. The number of nitrogens with one attached hydrogen (secondary N) is 1. The molecule has 0 saturated carbocycles. The van der Waals surface area contributed by atoms with E-state index in [1.165, 1.54) is 60.8 Å². The van der Waals surface area contributed by atoms with Crippen molar-refractivity contribution in [1.82, 2.24) is 4.98 Å². The molecule has 0 atom stereocenters. The summed E-state index contributed by atoms with van der Waals surface area (Å²) >= 11 is 6.61. The molecular weight excluding hydrogens is 422 g/mol. The minimum atomic E-state index is -0.339. The van der Waals surface area contributed by atoms with Gasteiger partial charge in [-0.15, -0.1) is 0 Å². The Labute approximate surface area is 196 Å². The predicted molar refractivity (Wildman–Crippen MR) is 137 cm³/mol. The summed E-state index contributed by atoms with van der Waals surface area (Å²) in [6.07, 6.45) is 0. The third-order valence-electron chi connectivity index (χ3n) is 7.69. The molecule has 1 N–H and O–H groups in total. The summed E-state index contributed by atoms with van der Waals surface area (Å²) < 4.78 is 0. The molecule has 2 aliphatic carbocycles. The molecule has 33 heavy (non-hydrogen) atoms. The zero-order chi connectivity index (χ0) is 21.7. The Morgan fingerprint density at radius 1 is 0.545 bits per heavy atom. The minimum Gasteiger partial charge on any atom is -0.354 e. The molecular formula is C31H18ClN. The molecule has 1 aromatic heterocycles. The van der Waals surface area contributed by atoms with Gasteiger partial charge in [-0.1, -0.05) is 96.5 Å². The lowest BCUT2D eigenvalue weighted by atomic mass is 9.70. The van der Waals surface area contributed by atoms with Gasteiger partial charge in [0.1, 0.15) is 0 Å². The SMILES string of the molecule is Clc1ccc2c(c1)-c1c(ccc3c1[nH]c1ccccc13)C21c2ccccc2-c2ccccc21. The summed E-state index contributed by atoms with van der Waals surface area (Å²) in [5.41, 5.74) is 12.5. The van der Waals surface area contributed by atoms with Gasteiger partial charge in [-0.2, -0.15) is 0 Å². The molecule has 2 heteroatoms. The van der Waals surface area contributed by atoms with Crippen LogP contribution in [0, 0.1) is 0 Å². The number of hydrogen-bond donors (Lipinski definition) is 1. The van der Waals surface area contributed by atoms with E-state index in [4.69, 9.17) is 11.6 Å². The van der Waals surface area contributed by atoms with E-state index in [0.29, 0.717) is 0 Å². The van der Waals surface area contributed by atoms with Crippen LogP contribution in [0.3, 0.4) is 0 Å². The number of aromatic amines is 1. The summed E-state index contributed by atoms with van der Waals surface area (Å²) in [6.45, 7) is 0. The van der Waals surface area contributed by atoms with Crippen LogP contribution < -0.4 is 0 Å². The molecule has 0 bridgehead atoms. The van der Waals surface area contributed by atoms with Crippen LogP contribution in [0.15, 0.2) is 103 Å². The lowest BCUT2D eigenvalue weighted by Gasteiger charge is -2.30. The number of hydrogen-bond acceptors (Lipinski definition) is 0. The van der Waals surface area contributed by atoms with E-state index in [2.05, 4.69) is 102 Å². The zero-order valence-corrected chi connectivity index (χ0v) is 18.4. The first kappa shape index (κ1) is 17.7. The highest BCUT2D eigenvalue weighted by atomic mass is 35.5. The van der Waals surface area contributed by atoms with Crippen LogP contribution in [0.25, 0.3) is 44.1 Å². The first-order valence-electron chi connectivity index (χ1n) is 11.3. The average Bonchev–Trinajstić information content (AvgIpc) is 3.47.